The van der Waals surface area contributed by atoms with Crippen molar-refractivity contribution >= 4 is 11.6 Å². The SMILES string of the molecule is CNCC1Cc2ccc(Cl)cc2CN1. The van der Waals surface area contributed by atoms with Crippen LogP contribution in [0.5, 0.6) is 0 Å². The molecule has 0 bridgehead atoms. The molecule has 0 aromatic heterocycles. The van der Waals surface area contributed by atoms with Gasteiger partial charge in [-0.25, -0.2) is 0 Å². The smallest absolute Gasteiger partial charge is 0.0409 e. The van der Waals surface area contributed by atoms with E-state index in [1.165, 1.54) is 11.1 Å². The van der Waals surface area contributed by atoms with Crippen molar-refractivity contribution in [1.82, 2.24) is 10.6 Å². The largest absolute Gasteiger partial charge is 0.318 e. The Labute approximate surface area is 89.7 Å². The van der Waals surface area contributed by atoms with E-state index < -0.39 is 0 Å². The molecule has 3 heteroatoms. The summed E-state index contributed by atoms with van der Waals surface area (Å²) in [5.41, 5.74) is 2.76. The molecular formula is C11H15ClN2. The van der Waals surface area contributed by atoms with E-state index in [1.54, 1.807) is 0 Å². The van der Waals surface area contributed by atoms with Gasteiger partial charge in [-0.15, -0.1) is 0 Å². The minimum atomic E-state index is 0.550. The molecule has 0 saturated heterocycles. The summed E-state index contributed by atoms with van der Waals surface area (Å²) in [6.07, 6.45) is 1.09. The summed E-state index contributed by atoms with van der Waals surface area (Å²) in [7, 11) is 1.99. The van der Waals surface area contributed by atoms with Crippen LogP contribution in [0.25, 0.3) is 0 Å². The highest BCUT2D eigenvalue weighted by molar-refractivity contribution is 6.30. The zero-order chi connectivity index (χ0) is 9.97. The Morgan fingerprint density at radius 3 is 3.14 bits per heavy atom. The third-order valence-electron chi connectivity index (χ3n) is 2.67. The van der Waals surface area contributed by atoms with E-state index in [2.05, 4.69) is 22.8 Å². The molecule has 0 spiro atoms. The third kappa shape index (κ3) is 2.08. The van der Waals surface area contributed by atoms with Crippen molar-refractivity contribution in [1.29, 1.82) is 0 Å². The van der Waals surface area contributed by atoms with E-state index in [9.17, 15) is 0 Å². The number of hydrogen-bond donors (Lipinski definition) is 2. The van der Waals surface area contributed by atoms with Crippen LogP contribution in [-0.4, -0.2) is 19.6 Å². The fourth-order valence-corrected chi connectivity index (χ4v) is 2.14. The molecule has 0 aliphatic carbocycles. The molecule has 0 radical (unpaired) electrons. The summed E-state index contributed by atoms with van der Waals surface area (Å²) in [4.78, 5) is 0. The van der Waals surface area contributed by atoms with Gasteiger partial charge in [0.05, 0.1) is 0 Å². The van der Waals surface area contributed by atoms with Gasteiger partial charge < -0.3 is 10.6 Å². The Morgan fingerprint density at radius 2 is 2.36 bits per heavy atom. The van der Waals surface area contributed by atoms with Gasteiger partial charge in [-0.2, -0.15) is 0 Å². The van der Waals surface area contributed by atoms with Crippen LogP contribution in [0, 0.1) is 0 Å². The lowest BCUT2D eigenvalue weighted by Gasteiger charge is -2.26. The number of rotatable bonds is 2. The van der Waals surface area contributed by atoms with Gasteiger partial charge in [-0.3, -0.25) is 0 Å². The van der Waals surface area contributed by atoms with Crippen molar-refractivity contribution in [3.63, 3.8) is 0 Å². The maximum atomic E-state index is 5.93. The third-order valence-corrected chi connectivity index (χ3v) is 2.90. The Hall–Kier alpha value is -0.570. The van der Waals surface area contributed by atoms with E-state index in [0.29, 0.717) is 6.04 Å². The Kier molecular flexibility index (Phi) is 3.06. The molecule has 1 heterocycles. The highest BCUT2D eigenvalue weighted by Crippen LogP contribution is 2.20. The van der Waals surface area contributed by atoms with Crippen LogP contribution in [0.15, 0.2) is 18.2 Å². The van der Waals surface area contributed by atoms with Crippen LogP contribution in [-0.2, 0) is 13.0 Å². The molecule has 2 N–H and O–H groups in total. The second-order valence-corrected chi connectivity index (χ2v) is 4.19. The molecule has 1 aromatic rings. The first-order valence-electron chi connectivity index (χ1n) is 4.95. The van der Waals surface area contributed by atoms with Crippen LogP contribution in [0.3, 0.4) is 0 Å². The monoisotopic (exact) mass is 210 g/mol. The molecule has 1 aliphatic heterocycles. The summed E-state index contributed by atoms with van der Waals surface area (Å²) in [6, 6.07) is 6.72. The second kappa shape index (κ2) is 4.30. The molecular weight excluding hydrogens is 196 g/mol. The zero-order valence-corrected chi connectivity index (χ0v) is 9.06. The lowest BCUT2D eigenvalue weighted by atomic mass is 9.96. The molecule has 1 atom stereocenters. The van der Waals surface area contributed by atoms with Crippen molar-refractivity contribution in [2.45, 2.75) is 19.0 Å². The van der Waals surface area contributed by atoms with Crippen molar-refractivity contribution in [3.8, 4) is 0 Å². The normalized spacial score (nSPS) is 20.6. The van der Waals surface area contributed by atoms with Gasteiger partial charge in [-0.05, 0) is 36.7 Å². The minimum absolute atomic E-state index is 0.550. The van der Waals surface area contributed by atoms with Crippen LogP contribution < -0.4 is 10.6 Å². The second-order valence-electron chi connectivity index (χ2n) is 3.75. The van der Waals surface area contributed by atoms with E-state index in [1.807, 2.05) is 13.1 Å². The predicted octanol–water partition coefficient (Wildman–Crippen LogP) is 1.57. The minimum Gasteiger partial charge on any atom is -0.318 e. The van der Waals surface area contributed by atoms with Crippen LogP contribution in [0.2, 0.25) is 5.02 Å². The molecule has 2 rings (SSSR count). The van der Waals surface area contributed by atoms with Gasteiger partial charge in [0.2, 0.25) is 0 Å². The van der Waals surface area contributed by atoms with Crippen molar-refractivity contribution < 1.29 is 0 Å². The van der Waals surface area contributed by atoms with Gasteiger partial charge in [0, 0.05) is 24.2 Å². The summed E-state index contributed by atoms with van der Waals surface area (Å²) in [6.45, 7) is 1.95. The molecule has 14 heavy (non-hydrogen) atoms. The fraction of sp³-hybridized carbons (Fsp3) is 0.455. The number of likely N-dealkylation sites (N-methyl/N-ethyl adjacent to an activating group) is 1. The van der Waals surface area contributed by atoms with Crippen LogP contribution >= 0.6 is 11.6 Å². The quantitative estimate of drug-likeness (QED) is 0.775. The number of benzene rings is 1. The highest BCUT2D eigenvalue weighted by Gasteiger charge is 2.16. The maximum absolute atomic E-state index is 5.93. The Bertz CT molecular complexity index is 325. The van der Waals surface area contributed by atoms with Crippen molar-refractivity contribution in [3.05, 3.63) is 34.3 Å². The first-order valence-corrected chi connectivity index (χ1v) is 5.32. The van der Waals surface area contributed by atoms with Crippen LogP contribution in [0.1, 0.15) is 11.1 Å². The summed E-state index contributed by atoms with van der Waals surface area (Å²) >= 11 is 5.93. The molecule has 1 aromatic carbocycles. The standard InChI is InChI=1S/C11H15ClN2/c1-13-7-11-5-8-2-3-10(12)4-9(8)6-14-11/h2-4,11,13-14H,5-7H2,1H3. The topological polar surface area (TPSA) is 24.1 Å². The van der Waals surface area contributed by atoms with Crippen molar-refractivity contribution in [2.24, 2.45) is 0 Å². The van der Waals surface area contributed by atoms with Crippen molar-refractivity contribution in [2.75, 3.05) is 13.6 Å². The maximum Gasteiger partial charge on any atom is 0.0409 e. The number of hydrogen-bond acceptors (Lipinski definition) is 2. The van der Waals surface area contributed by atoms with Crippen LogP contribution in [0.4, 0.5) is 0 Å². The Morgan fingerprint density at radius 1 is 1.50 bits per heavy atom. The predicted molar refractivity (Wildman–Crippen MR) is 59.7 cm³/mol. The molecule has 0 amide bonds. The first kappa shape index (κ1) is 9.97. The van der Waals surface area contributed by atoms with E-state index in [0.717, 1.165) is 24.5 Å². The Balaban J connectivity index is 2.15. The first-order chi connectivity index (χ1) is 6.79. The molecule has 76 valence electrons. The average molecular weight is 211 g/mol. The van der Waals surface area contributed by atoms with E-state index >= 15 is 0 Å². The van der Waals surface area contributed by atoms with E-state index in [4.69, 9.17) is 11.6 Å². The molecule has 2 nitrogen and oxygen atoms in total. The number of nitrogens with one attached hydrogen (secondary N) is 2. The lowest BCUT2D eigenvalue weighted by Crippen LogP contribution is -2.42. The van der Waals surface area contributed by atoms with Gasteiger partial charge >= 0.3 is 0 Å². The zero-order valence-electron chi connectivity index (χ0n) is 8.31. The molecule has 0 fully saturated rings. The summed E-state index contributed by atoms with van der Waals surface area (Å²) < 4.78 is 0. The molecule has 0 saturated carbocycles. The molecule has 1 unspecified atom stereocenters. The number of fused-ring (bicyclic) bond motifs is 1. The fourth-order valence-electron chi connectivity index (χ4n) is 1.94. The molecule has 1 aliphatic rings. The van der Waals surface area contributed by atoms with Gasteiger partial charge in [-0.1, -0.05) is 17.7 Å². The lowest BCUT2D eigenvalue weighted by molar-refractivity contribution is 0.462. The average Bonchev–Trinajstić information content (AvgIpc) is 2.19. The van der Waals surface area contributed by atoms with E-state index in [-0.39, 0.29) is 0 Å². The highest BCUT2D eigenvalue weighted by atomic mass is 35.5. The number of halogens is 1. The van der Waals surface area contributed by atoms with Gasteiger partial charge in [0.15, 0.2) is 0 Å². The van der Waals surface area contributed by atoms with Gasteiger partial charge in [0.25, 0.3) is 0 Å². The van der Waals surface area contributed by atoms with Gasteiger partial charge in [0.1, 0.15) is 0 Å². The summed E-state index contributed by atoms with van der Waals surface area (Å²) in [5, 5.41) is 7.50. The summed E-state index contributed by atoms with van der Waals surface area (Å²) in [5.74, 6) is 0.